The average Bonchev–Trinajstić information content (AvgIpc) is 3.48. The fourth-order valence-corrected chi connectivity index (χ4v) is 6.96. The Labute approximate surface area is 279 Å². The van der Waals surface area contributed by atoms with Crippen molar-refractivity contribution in [2.75, 3.05) is 20.1 Å². The van der Waals surface area contributed by atoms with E-state index in [9.17, 15) is 29.1 Å². The number of halogens is 2. The lowest BCUT2D eigenvalue weighted by atomic mass is 9.77. The molecule has 2 aromatic carbocycles. The summed E-state index contributed by atoms with van der Waals surface area (Å²) in [6, 6.07) is 11.5. The third-order valence-corrected chi connectivity index (χ3v) is 9.59. The number of hydrogen-bond donors (Lipinski definition) is 3. The lowest BCUT2D eigenvalue weighted by molar-refractivity contribution is -0.142. The molecule has 1 aliphatic heterocycles. The molecule has 1 aliphatic carbocycles. The van der Waals surface area contributed by atoms with Crippen molar-refractivity contribution >= 4 is 52.8 Å². The molecule has 1 saturated carbocycles. The van der Waals surface area contributed by atoms with Crippen molar-refractivity contribution in [3.05, 3.63) is 69.7 Å². The fraction of sp³-hybridized carbons (Fsp3) is 0.500. The van der Waals surface area contributed by atoms with Gasteiger partial charge < -0.3 is 25.5 Å². The van der Waals surface area contributed by atoms with Crippen LogP contribution in [0.15, 0.2) is 48.5 Å². The number of nitrogens with zero attached hydrogens (tertiary/aromatic N) is 2. The SMILES string of the molecule is CN(Cc1ccccc1)C(=O)CC[C@H](NC(=O)CCC(NC(=O)c1cc(Cl)cc(Cl)c1)C(=O)N1CCC2(CCCC2)CC1)C(=O)O. The molecule has 3 N–H and O–H groups in total. The van der Waals surface area contributed by atoms with Gasteiger partial charge in [0, 0.05) is 55.1 Å². The Morgan fingerprint density at radius 2 is 1.48 bits per heavy atom. The molecule has 46 heavy (non-hydrogen) atoms. The van der Waals surface area contributed by atoms with Crippen molar-refractivity contribution in [1.29, 1.82) is 0 Å². The summed E-state index contributed by atoms with van der Waals surface area (Å²) < 4.78 is 0. The number of carboxylic acid groups (broad SMARTS) is 1. The van der Waals surface area contributed by atoms with Gasteiger partial charge in [-0.15, -0.1) is 0 Å². The second kappa shape index (κ2) is 16.3. The Morgan fingerprint density at radius 1 is 0.870 bits per heavy atom. The first-order valence-corrected chi connectivity index (χ1v) is 16.6. The van der Waals surface area contributed by atoms with E-state index in [2.05, 4.69) is 10.6 Å². The molecule has 2 atom stereocenters. The minimum Gasteiger partial charge on any atom is -0.480 e. The highest BCUT2D eigenvalue weighted by Crippen LogP contribution is 2.46. The number of amides is 4. The molecule has 10 nitrogen and oxygen atoms in total. The van der Waals surface area contributed by atoms with Crippen LogP contribution in [0.3, 0.4) is 0 Å². The molecule has 1 unspecified atom stereocenters. The number of carbonyl (C=O) groups is 5. The minimum atomic E-state index is -1.29. The van der Waals surface area contributed by atoms with E-state index in [0.29, 0.717) is 19.6 Å². The van der Waals surface area contributed by atoms with Crippen LogP contribution in [0.2, 0.25) is 10.0 Å². The van der Waals surface area contributed by atoms with Crippen LogP contribution in [0.25, 0.3) is 0 Å². The summed E-state index contributed by atoms with van der Waals surface area (Å²) >= 11 is 12.2. The number of hydrogen-bond acceptors (Lipinski definition) is 5. The van der Waals surface area contributed by atoms with Gasteiger partial charge in [0.25, 0.3) is 5.91 Å². The standard InChI is InChI=1S/C34H42Cl2N4O6/c1-39(22-23-7-3-2-4-8-23)30(42)12-10-28(33(45)46)37-29(41)11-9-27(38-31(43)24-19-25(35)21-26(36)20-24)32(44)40-17-15-34(16-18-40)13-5-6-14-34/h2-4,7-8,19-21,27-28H,5-6,9-18,22H2,1H3,(H,37,41)(H,38,43)(H,45,46)/t27?,28-/m0/s1. The van der Waals surface area contributed by atoms with Crippen molar-refractivity contribution in [1.82, 2.24) is 20.4 Å². The number of rotatable bonds is 13. The van der Waals surface area contributed by atoms with Gasteiger partial charge in [-0.05, 0) is 67.7 Å². The van der Waals surface area contributed by atoms with Crippen LogP contribution in [-0.2, 0) is 25.7 Å². The third-order valence-electron chi connectivity index (χ3n) is 9.16. The number of piperidine rings is 1. The van der Waals surface area contributed by atoms with Crippen molar-refractivity contribution in [3.63, 3.8) is 0 Å². The molecule has 2 fully saturated rings. The van der Waals surface area contributed by atoms with Gasteiger partial charge in [-0.25, -0.2) is 4.79 Å². The predicted octanol–water partition coefficient (Wildman–Crippen LogP) is 5.06. The van der Waals surface area contributed by atoms with Crippen molar-refractivity contribution in [3.8, 4) is 0 Å². The Balaban J connectivity index is 1.35. The van der Waals surface area contributed by atoms with Gasteiger partial charge in [-0.2, -0.15) is 0 Å². The van der Waals surface area contributed by atoms with E-state index in [1.54, 1.807) is 11.9 Å². The highest BCUT2D eigenvalue weighted by Gasteiger charge is 2.39. The summed E-state index contributed by atoms with van der Waals surface area (Å²) in [6.07, 6.45) is 6.15. The lowest BCUT2D eigenvalue weighted by Gasteiger charge is -2.40. The zero-order chi connectivity index (χ0) is 33.3. The van der Waals surface area contributed by atoms with E-state index < -0.39 is 29.9 Å². The molecule has 12 heteroatoms. The molecule has 0 aromatic heterocycles. The maximum absolute atomic E-state index is 13.7. The van der Waals surface area contributed by atoms with Crippen molar-refractivity contribution < 1.29 is 29.1 Å². The van der Waals surface area contributed by atoms with E-state index in [-0.39, 0.29) is 58.5 Å². The first-order valence-electron chi connectivity index (χ1n) is 15.8. The van der Waals surface area contributed by atoms with Gasteiger partial charge in [0.05, 0.1) is 0 Å². The molecule has 4 amide bonds. The Kier molecular flexibility index (Phi) is 12.5. The van der Waals surface area contributed by atoms with E-state index in [0.717, 1.165) is 18.4 Å². The Bertz CT molecular complexity index is 1390. The molecule has 0 bridgehead atoms. The predicted molar refractivity (Wildman–Crippen MR) is 175 cm³/mol. The van der Waals surface area contributed by atoms with Crippen LogP contribution in [0.5, 0.6) is 0 Å². The van der Waals surface area contributed by atoms with Crippen LogP contribution >= 0.6 is 23.2 Å². The topological polar surface area (TPSA) is 136 Å². The van der Waals surface area contributed by atoms with Crippen LogP contribution in [0.1, 0.15) is 80.1 Å². The molecule has 248 valence electrons. The summed E-state index contributed by atoms with van der Waals surface area (Å²) in [7, 11) is 1.64. The molecule has 1 saturated heterocycles. The zero-order valence-electron chi connectivity index (χ0n) is 26.1. The summed E-state index contributed by atoms with van der Waals surface area (Å²) in [5.41, 5.74) is 1.41. The van der Waals surface area contributed by atoms with Gasteiger partial charge in [0.1, 0.15) is 12.1 Å². The van der Waals surface area contributed by atoms with Crippen LogP contribution in [0.4, 0.5) is 0 Å². The highest BCUT2D eigenvalue weighted by atomic mass is 35.5. The zero-order valence-corrected chi connectivity index (χ0v) is 27.6. The second-order valence-corrected chi connectivity index (χ2v) is 13.4. The largest absolute Gasteiger partial charge is 0.480 e. The van der Waals surface area contributed by atoms with Gasteiger partial charge in [0.2, 0.25) is 17.7 Å². The fourth-order valence-electron chi connectivity index (χ4n) is 6.43. The summed E-state index contributed by atoms with van der Waals surface area (Å²) in [5.74, 6) is -2.96. The first kappa shape index (κ1) is 35.2. The first-order chi connectivity index (χ1) is 21.9. The van der Waals surface area contributed by atoms with E-state index >= 15 is 0 Å². The molecule has 2 aliphatic rings. The smallest absolute Gasteiger partial charge is 0.326 e. The van der Waals surface area contributed by atoms with Crippen LogP contribution < -0.4 is 10.6 Å². The number of aliphatic carboxylic acids is 1. The van der Waals surface area contributed by atoms with Gasteiger partial charge in [-0.1, -0.05) is 66.4 Å². The summed E-state index contributed by atoms with van der Waals surface area (Å²) in [6.45, 7) is 1.53. The van der Waals surface area contributed by atoms with Gasteiger partial charge in [0.15, 0.2) is 0 Å². The van der Waals surface area contributed by atoms with Gasteiger partial charge in [-0.3, -0.25) is 19.2 Å². The minimum absolute atomic E-state index is 0.0442. The quantitative estimate of drug-likeness (QED) is 0.272. The van der Waals surface area contributed by atoms with Crippen molar-refractivity contribution in [2.24, 2.45) is 5.41 Å². The third kappa shape index (κ3) is 9.93. The van der Waals surface area contributed by atoms with Crippen LogP contribution in [0, 0.1) is 5.41 Å². The molecular formula is C34H42Cl2N4O6. The van der Waals surface area contributed by atoms with E-state index in [4.69, 9.17) is 23.2 Å². The average molecular weight is 674 g/mol. The number of benzene rings is 2. The maximum Gasteiger partial charge on any atom is 0.326 e. The molecule has 0 radical (unpaired) electrons. The molecule has 2 aromatic rings. The van der Waals surface area contributed by atoms with E-state index in [1.807, 2.05) is 30.3 Å². The van der Waals surface area contributed by atoms with Gasteiger partial charge >= 0.3 is 5.97 Å². The number of carbonyl (C=O) groups excluding carboxylic acids is 4. The summed E-state index contributed by atoms with van der Waals surface area (Å²) in [5, 5.41) is 15.5. The maximum atomic E-state index is 13.7. The van der Waals surface area contributed by atoms with Crippen LogP contribution in [-0.4, -0.2) is 76.7 Å². The van der Waals surface area contributed by atoms with Crippen molar-refractivity contribution in [2.45, 2.75) is 82.8 Å². The normalized spacial score (nSPS) is 16.8. The summed E-state index contributed by atoms with van der Waals surface area (Å²) in [4.78, 5) is 67.7. The monoisotopic (exact) mass is 672 g/mol. The Hall–Kier alpha value is -3.63. The molecule has 4 rings (SSSR count). The van der Waals surface area contributed by atoms with E-state index in [1.165, 1.54) is 48.8 Å². The molecule has 1 heterocycles. The number of carboxylic acids is 1. The number of likely N-dealkylation sites (tertiary alicyclic amines) is 1. The second-order valence-electron chi connectivity index (χ2n) is 12.5. The highest BCUT2D eigenvalue weighted by molar-refractivity contribution is 6.35. The molecular weight excluding hydrogens is 631 g/mol. The molecule has 1 spiro atoms. The number of nitrogens with one attached hydrogen (secondary N) is 2. The Morgan fingerprint density at radius 3 is 2.09 bits per heavy atom. The lowest BCUT2D eigenvalue weighted by Crippen LogP contribution is -2.52.